The Balaban J connectivity index is 1.51. The van der Waals surface area contributed by atoms with Crippen molar-refractivity contribution in [3.8, 4) is 0 Å². The zero-order chi connectivity index (χ0) is 22.8. The summed E-state index contributed by atoms with van der Waals surface area (Å²) in [6.07, 6.45) is 0. The van der Waals surface area contributed by atoms with Gasteiger partial charge in [-0.25, -0.2) is 9.69 Å². The molecule has 3 aromatic rings. The summed E-state index contributed by atoms with van der Waals surface area (Å²) in [6.45, 7) is 0.296. The molecule has 0 unspecified atom stereocenters. The molecule has 2 amide bonds. The number of nitrogens with one attached hydrogen (secondary N) is 1. The van der Waals surface area contributed by atoms with Crippen LogP contribution in [0.25, 0.3) is 0 Å². The molecule has 0 spiro atoms. The van der Waals surface area contributed by atoms with Crippen LogP contribution in [-0.4, -0.2) is 29.8 Å². The van der Waals surface area contributed by atoms with Crippen LogP contribution < -0.4 is 10.2 Å². The van der Waals surface area contributed by atoms with Crippen molar-refractivity contribution in [1.82, 2.24) is 0 Å². The van der Waals surface area contributed by atoms with Gasteiger partial charge in [0.2, 0.25) is 0 Å². The number of ether oxygens (including phenoxy) is 1. The maximum atomic E-state index is 12.6. The number of hydrogen-bond acceptors (Lipinski definition) is 7. The second kappa shape index (κ2) is 8.31. The molecule has 1 aliphatic rings. The molecule has 4 rings (SSSR count). The summed E-state index contributed by atoms with van der Waals surface area (Å²) in [4.78, 5) is 48.8. The van der Waals surface area contributed by atoms with E-state index in [-0.39, 0.29) is 23.1 Å². The number of amides is 2. The fourth-order valence-corrected chi connectivity index (χ4v) is 3.46. The van der Waals surface area contributed by atoms with Gasteiger partial charge in [0.25, 0.3) is 17.5 Å². The predicted molar refractivity (Wildman–Crippen MR) is 116 cm³/mol. The molecule has 1 N–H and O–H groups in total. The molecule has 1 aliphatic heterocycles. The Hall–Kier alpha value is -4.53. The molecule has 3 aromatic carbocycles. The second-order valence-electron chi connectivity index (χ2n) is 6.99. The van der Waals surface area contributed by atoms with Crippen molar-refractivity contribution < 1.29 is 24.0 Å². The number of fused-ring (bicyclic) bond motifs is 1. The zero-order valence-corrected chi connectivity index (χ0v) is 16.9. The third kappa shape index (κ3) is 3.67. The number of anilines is 2. The molecule has 0 bridgehead atoms. The van der Waals surface area contributed by atoms with Gasteiger partial charge >= 0.3 is 5.97 Å². The first-order chi connectivity index (χ1) is 15.4. The number of methoxy groups -OCH3 is 1. The first kappa shape index (κ1) is 20.7. The summed E-state index contributed by atoms with van der Waals surface area (Å²) in [5.41, 5.74) is 2.20. The lowest BCUT2D eigenvalue weighted by Gasteiger charge is -2.15. The van der Waals surface area contributed by atoms with E-state index in [1.165, 1.54) is 19.2 Å². The summed E-state index contributed by atoms with van der Waals surface area (Å²) in [5, 5.41) is 14.1. The van der Waals surface area contributed by atoms with Crippen LogP contribution in [0.2, 0.25) is 0 Å². The Bertz CT molecular complexity index is 1220. The molecule has 9 nitrogen and oxygen atoms in total. The van der Waals surface area contributed by atoms with Gasteiger partial charge in [0, 0.05) is 24.4 Å². The fraction of sp³-hybridized carbons (Fsp3) is 0.0870. The van der Waals surface area contributed by atoms with Gasteiger partial charge in [-0.15, -0.1) is 0 Å². The van der Waals surface area contributed by atoms with Crippen LogP contribution in [0.1, 0.15) is 36.6 Å². The van der Waals surface area contributed by atoms with Crippen LogP contribution in [0.15, 0.2) is 66.7 Å². The maximum Gasteiger partial charge on any atom is 0.340 e. The molecule has 160 valence electrons. The Morgan fingerprint density at radius 1 is 1.00 bits per heavy atom. The molecule has 0 saturated heterocycles. The van der Waals surface area contributed by atoms with E-state index in [0.29, 0.717) is 29.0 Å². The van der Waals surface area contributed by atoms with Gasteiger partial charge in [-0.2, -0.15) is 0 Å². The third-order valence-corrected chi connectivity index (χ3v) is 5.09. The Labute approximate surface area is 182 Å². The van der Waals surface area contributed by atoms with Gasteiger partial charge in [-0.05, 0) is 35.9 Å². The number of imide groups is 1. The lowest BCUT2D eigenvalue weighted by molar-refractivity contribution is -0.384. The van der Waals surface area contributed by atoms with Crippen molar-refractivity contribution >= 4 is 34.8 Å². The van der Waals surface area contributed by atoms with Crippen LogP contribution in [0.4, 0.5) is 17.1 Å². The number of benzene rings is 3. The molecule has 0 radical (unpaired) electrons. The molecule has 0 saturated carbocycles. The van der Waals surface area contributed by atoms with E-state index < -0.39 is 10.9 Å². The molecule has 9 heteroatoms. The minimum atomic E-state index is -0.697. The van der Waals surface area contributed by atoms with Crippen LogP contribution in [0.3, 0.4) is 0 Å². The van der Waals surface area contributed by atoms with Crippen molar-refractivity contribution in [2.45, 2.75) is 6.54 Å². The van der Waals surface area contributed by atoms with Crippen LogP contribution in [-0.2, 0) is 11.3 Å². The summed E-state index contributed by atoms with van der Waals surface area (Å²) < 4.78 is 4.71. The predicted octanol–water partition coefficient (Wildman–Crippen LogP) is 3.79. The van der Waals surface area contributed by atoms with Gasteiger partial charge in [-0.1, -0.05) is 24.3 Å². The van der Waals surface area contributed by atoms with E-state index in [2.05, 4.69) is 5.32 Å². The highest BCUT2D eigenvalue weighted by molar-refractivity contribution is 6.34. The molecule has 0 atom stereocenters. The normalized spacial score (nSPS) is 12.5. The number of nitrogens with zero attached hydrogens (tertiary/aromatic N) is 2. The van der Waals surface area contributed by atoms with E-state index in [1.54, 1.807) is 48.5 Å². The summed E-state index contributed by atoms with van der Waals surface area (Å²) in [7, 11) is 1.20. The quantitative estimate of drug-likeness (QED) is 0.273. The monoisotopic (exact) mass is 431 g/mol. The molecule has 0 aliphatic carbocycles. The number of esters is 1. The van der Waals surface area contributed by atoms with E-state index >= 15 is 0 Å². The first-order valence-corrected chi connectivity index (χ1v) is 9.58. The number of rotatable bonds is 6. The molecule has 0 aromatic heterocycles. The van der Waals surface area contributed by atoms with Crippen LogP contribution in [0.5, 0.6) is 0 Å². The SMILES string of the molecule is COC(=O)c1cc([N+](=O)[O-])ccc1NCc1ccc(N2C(=O)c3ccccc3C2=O)cc1. The number of hydrogen-bond donors (Lipinski definition) is 1. The smallest absolute Gasteiger partial charge is 0.340 e. The third-order valence-electron chi connectivity index (χ3n) is 5.09. The number of nitro benzene ring substituents is 1. The largest absolute Gasteiger partial charge is 0.465 e. The highest BCUT2D eigenvalue weighted by Gasteiger charge is 2.36. The average Bonchev–Trinajstić information content (AvgIpc) is 3.07. The van der Waals surface area contributed by atoms with Crippen molar-refractivity contribution in [2.75, 3.05) is 17.3 Å². The molecular weight excluding hydrogens is 414 g/mol. The van der Waals surface area contributed by atoms with Gasteiger partial charge in [0.1, 0.15) is 0 Å². The van der Waals surface area contributed by atoms with E-state index in [1.807, 2.05) is 0 Å². The Morgan fingerprint density at radius 3 is 2.19 bits per heavy atom. The van der Waals surface area contributed by atoms with Gasteiger partial charge in [0.15, 0.2) is 0 Å². The maximum absolute atomic E-state index is 12.6. The summed E-state index contributed by atoms with van der Waals surface area (Å²) >= 11 is 0. The number of carbonyl (C=O) groups is 3. The minimum Gasteiger partial charge on any atom is -0.465 e. The van der Waals surface area contributed by atoms with Crippen molar-refractivity contribution in [3.63, 3.8) is 0 Å². The van der Waals surface area contributed by atoms with Gasteiger partial charge in [0.05, 0.1) is 34.4 Å². The van der Waals surface area contributed by atoms with E-state index in [0.717, 1.165) is 16.5 Å². The van der Waals surface area contributed by atoms with Crippen molar-refractivity contribution in [2.24, 2.45) is 0 Å². The van der Waals surface area contributed by atoms with Gasteiger partial charge < -0.3 is 10.1 Å². The average molecular weight is 431 g/mol. The van der Waals surface area contributed by atoms with Crippen LogP contribution >= 0.6 is 0 Å². The highest BCUT2D eigenvalue weighted by Crippen LogP contribution is 2.29. The Morgan fingerprint density at radius 2 is 1.62 bits per heavy atom. The summed E-state index contributed by atoms with van der Waals surface area (Å²) in [5.74, 6) is -1.44. The molecule has 1 heterocycles. The van der Waals surface area contributed by atoms with Crippen LogP contribution in [0, 0.1) is 10.1 Å². The van der Waals surface area contributed by atoms with Crippen molar-refractivity contribution in [3.05, 3.63) is 99.1 Å². The number of nitro groups is 1. The van der Waals surface area contributed by atoms with E-state index in [9.17, 15) is 24.5 Å². The highest BCUT2D eigenvalue weighted by atomic mass is 16.6. The van der Waals surface area contributed by atoms with E-state index in [4.69, 9.17) is 4.74 Å². The zero-order valence-electron chi connectivity index (χ0n) is 16.9. The lowest BCUT2D eigenvalue weighted by atomic mass is 10.1. The molecular formula is C23H17N3O6. The van der Waals surface area contributed by atoms with Gasteiger partial charge in [-0.3, -0.25) is 19.7 Å². The standard InChI is InChI=1S/C23H17N3O6/c1-32-23(29)19-12-16(26(30)31)10-11-20(19)24-13-14-6-8-15(9-7-14)25-21(27)17-4-2-3-5-18(17)22(25)28/h2-12,24H,13H2,1H3. The van der Waals surface area contributed by atoms with Crippen molar-refractivity contribution in [1.29, 1.82) is 0 Å². The fourth-order valence-electron chi connectivity index (χ4n) is 3.46. The second-order valence-corrected chi connectivity index (χ2v) is 6.99. The summed E-state index contributed by atoms with van der Waals surface area (Å²) in [6, 6.07) is 17.4. The number of non-ortho nitro benzene ring substituents is 1. The lowest BCUT2D eigenvalue weighted by Crippen LogP contribution is -2.29. The molecule has 0 fully saturated rings. The topological polar surface area (TPSA) is 119 Å². The Kier molecular flexibility index (Phi) is 5.38. The molecule has 32 heavy (non-hydrogen) atoms. The number of carbonyl (C=O) groups excluding carboxylic acids is 3. The minimum absolute atomic E-state index is 0.0457. The first-order valence-electron chi connectivity index (χ1n) is 9.58.